The van der Waals surface area contributed by atoms with Crippen LogP contribution in [0.15, 0.2) is 51.3 Å². The van der Waals surface area contributed by atoms with E-state index in [0.29, 0.717) is 15.0 Å². The second kappa shape index (κ2) is 9.31. The summed E-state index contributed by atoms with van der Waals surface area (Å²) < 4.78 is 1.51. The molecule has 28 heavy (non-hydrogen) atoms. The Kier molecular flexibility index (Phi) is 6.82. The second-order valence-corrected chi connectivity index (χ2v) is 9.03. The summed E-state index contributed by atoms with van der Waals surface area (Å²) in [5.41, 5.74) is 3.52. The van der Waals surface area contributed by atoms with E-state index in [0.717, 1.165) is 21.3 Å². The van der Waals surface area contributed by atoms with Crippen molar-refractivity contribution >= 4 is 61.7 Å². The maximum Gasteiger partial charge on any atom is 0.257 e. The number of rotatable bonds is 6. The zero-order valence-corrected chi connectivity index (χ0v) is 18.4. The summed E-state index contributed by atoms with van der Waals surface area (Å²) in [4.78, 5) is 24.4. The molecule has 2 amide bonds. The average Bonchev–Trinajstić information content (AvgIpc) is 3.11. The summed E-state index contributed by atoms with van der Waals surface area (Å²) in [6.07, 6.45) is 0. The van der Waals surface area contributed by atoms with Crippen LogP contribution in [-0.2, 0) is 4.79 Å². The van der Waals surface area contributed by atoms with Crippen LogP contribution in [0.3, 0.4) is 0 Å². The van der Waals surface area contributed by atoms with E-state index in [1.165, 1.54) is 23.1 Å². The van der Waals surface area contributed by atoms with E-state index in [4.69, 9.17) is 0 Å². The number of hydrogen-bond donors (Lipinski definition) is 2. The molecule has 1 aromatic heterocycles. The molecule has 144 valence electrons. The van der Waals surface area contributed by atoms with Gasteiger partial charge in [-0.15, -0.1) is 10.2 Å². The number of amides is 2. The van der Waals surface area contributed by atoms with Crippen LogP contribution in [0, 0.1) is 13.8 Å². The predicted molar refractivity (Wildman–Crippen MR) is 117 cm³/mol. The summed E-state index contributed by atoms with van der Waals surface area (Å²) in [6.45, 7) is 3.98. The largest absolute Gasteiger partial charge is 0.325 e. The molecule has 0 aliphatic heterocycles. The molecular formula is C19H17BrN4O2S2. The highest BCUT2D eigenvalue weighted by atomic mass is 79.9. The minimum atomic E-state index is -0.257. The highest BCUT2D eigenvalue weighted by molar-refractivity contribution is 9.10. The lowest BCUT2D eigenvalue weighted by Gasteiger charge is -2.09. The molecule has 6 nitrogen and oxygen atoms in total. The molecule has 0 unspecified atom stereocenters. The van der Waals surface area contributed by atoms with Crippen molar-refractivity contribution < 1.29 is 9.59 Å². The Labute approximate surface area is 179 Å². The van der Waals surface area contributed by atoms with E-state index in [1.54, 1.807) is 24.3 Å². The van der Waals surface area contributed by atoms with Crippen LogP contribution in [0.4, 0.5) is 10.8 Å². The first-order valence-electron chi connectivity index (χ1n) is 8.31. The Morgan fingerprint density at radius 2 is 1.82 bits per heavy atom. The third-order valence-corrected chi connectivity index (χ3v) is 6.44. The summed E-state index contributed by atoms with van der Waals surface area (Å²) in [6, 6.07) is 12.8. The minimum absolute atomic E-state index is 0.116. The van der Waals surface area contributed by atoms with Gasteiger partial charge in [-0.2, -0.15) is 0 Å². The number of benzene rings is 2. The highest BCUT2D eigenvalue weighted by Crippen LogP contribution is 2.26. The number of anilines is 2. The number of halogens is 1. The molecule has 0 saturated heterocycles. The Morgan fingerprint density at radius 1 is 1.07 bits per heavy atom. The number of thioether (sulfide) groups is 1. The van der Waals surface area contributed by atoms with Crippen molar-refractivity contribution in [1.29, 1.82) is 0 Å². The molecule has 0 bridgehead atoms. The predicted octanol–water partition coefficient (Wildman–Crippen LogP) is 4.90. The van der Waals surface area contributed by atoms with Gasteiger partial charge in [-0.25, -0.2) is 0 Å². The zero-order chi connectivity index (χ0) is 20.1. The average molecular weight is 477 g/mol. The van der Waals surface area contributed by atoms with Crippen molar-refractivity contribution in [2.45, 2.75) is 18.2 Å². The Balaban J connectivity index is 1.53. The van der Waals surface area contributed by atoms with E-state index < -0.39 is 0 Å². The van der Waals surface area contributed by atoms with Gasteiger partial charge < -0.3 is 5.32 Å². The molecule has 0 aliphatic carbocycles. The molecule has 0 saturated carbocycles. The molecule has 0 aliphatic rings. The standard InChI is InChI=1S/C19H17BrN4O2S2/c1-11-4-3-5-15(12(11)2)21-16(25)10-27-19-24-23-18(28-19)22-17(26)13-6-8-14(20)9-7-13/h3-9H,10H2,1-2H3,(H,21,25)(H,22,23,26). The van der Waals surface area contributed by atoms with Gasteiger partial charge in [0, 0.05) is 15.7 Å². The van der Waals surface area contributed by atoms with E-state index in [1.807, 2.05) is 32.0 Å². The number of nitrogens with one attached hydrogen (secondary N) is 2. The first-order chi connectivity index (χ1) is 13.4. The van der Waals surface area contributed by atoms with Crippen LogP contribution in [-0.4, -0.2) is 27.8 Å². The third-order valence-electron chi connectivity index (χ3n) is 3.94. The summed E-state index contributed by atoms with van der Waals surface area (Å²) in [7, 11) is 0. The molecular weight excluding hydrogens is 460 g/mol. The summed E-state index contributed by atoms with van der Waals surface area (Å²) in [5, 5.41) is 14.0. The fourth-order valence-electron chi connectivity index (χ4n) is 2.29. The molecule has 0 atom stereocenters. The normalized spacial score (nSPS) is 10.5. The van der Waals surface area contributed by atoms with Crippen molar-refractivity contribution in [2.24, 2.45) is 0 Å². The maximum absolute atomic E-state index is 12.2. The van der Waals surface area contributed by atoms with Crippen molar-refractivity contribution in [1.82, 2.24) is 10.2 Å². The molecule has 0 spiro atoms. The van der Waals surface area contributed by atoms with E-state index in [-0.39, 0.29) is 17.6 Å². The lowest BCUT2D eigenvalue weighted by molar-refractivity contribution is -0.113. The quantitative estimate of drug-likeness (QED) is 0.390. The molecule has 2 N–H and O–H groups in total. The van der Waals surface area contributed by atoms with Gasteiger partial charge in [-0.1, -0.05) is 51.2 Å². The van der Waals surface area contributed by atoms with Gasteiger partial charge in [0.1, 0.15) is 0 Å². The molecule has 0 fully saturated rings. The topological polar surface area (TPSA) is 84.0 Å². The molecule has 0 radical (unpaired) electrons. The van der Waals surface area contributed by atoms with Gasteiger partial charge in [-0.3, -0.25) is 14.9 Å². The summed E-state index contributed by atoms with van der Waals surface area (Å²) in [5.74, 6) is -0.162. The molecule has 3 rings (SSSR count). The third kappa shape index (κ3) is 5.40. The van der Waals surface area contributed by atoms with Gasteiger partial charge in [-0.05, 0) is 55.3 Å². The number of aryl methyl sites for hydroxylation is 1. The van der Waals surface area contributed by atoms with Gasteiger partial charge in [0.25, 0.3) is 5.91 Å². The lowest BCUT2D eigenvalue weighted by atomic mass is 10.1. The number of carbonyl (C=O) groups excluding carboxylic acids is 2. The fourth-order valence-corrected chi connectivity index (χ4v) is 4.10. The van der Waals surface area contributed by atoms with Crippen molar-refractivity contribution in [3.63, 3.8) is 0 Å². The van der Waals surface area contributed by atoms with Crippen molar-refractivity contribution in [3.8, 4) is 0 Å². The van der Waals surface area contributed by atoms with E-state index in [2.05, 4.69) is 36.8 Å². The Bertz CT molecular complexity index is 1010. The number of carbonyl (C=O) groups is 2. The SMILES string of the molecule is Cc1cccc(NC(=O)CSc2nnc(NC(=O)c3ccc(Br)cc3)s2)c1C. The van der Waals surface area contributed by atoms with Crippen LogP contribution in [0.1, 0.15) is 21.5 Å². The molecule has 2 aromatic carbocycles. The van der Waals surface area contributed by atoms with Crippen LogP contribution in [0.25, 0.3) is 0 Å². The van der Waals surface area contributed by atoms with Gasteiger partial charge in [0.15, 0.2) is 4.34 Å². The van der Waals surface area contributed by atoms with Crippen LogP contribution >= 0.6 is 39.0 Å². The Morgan fingerprint density at radius 3 is 2.57 bits per heavy atom. The van der Waals surface area contributed by atoms with E-state index in [9.17, 15) is 9.59 Å². The van der Waals surface area contributed by atoms with E-state index >= 15 is 0 Å². The Hall–Kier alpha value is -2.23. The highest BCUT2D eigenvalue weighted by Gasteiger charge is 2.12. The first-order valence-corrected chi connectivity index (χ1v) is 10.9. The first kappa shape index (κ1) is 20.5. The molecule has 3 aromatic rings. The number of aromatic nitrogens is 2. The zero-order valence-electron chi connectivity index (χ0n) is 15.2. The number of nitrogens with zero attached hydrogens (tertiary/aromatic N) is 2. The van der Waals surface area contributed by atoms with Crippen LogP contribution < -0.4 is 10.6 Å². The molecule has 9 heteroatoms. The summed E-state index contributed by atoms with van der Waals surface area (Å²) >= 11 is 5.85. The number of hydrogen-bond acceptors (Lipinski definition) is 6. The van der Waals surface area contributed by atoms with Gasteiger partial charge in [0.2, 0.25) is 11.0 Å². The van der Waals surface area contributed by atoms with Crippen molar-refractivity contribution in [2.75, 3.05) is 16.4 Å². The van der Waals surface area contributed by atoms with Crippen LogP contribution in [0.5, 0.6) is 0 Å². The lowest BCUT2D eigenvalue weighted by Crippen LogP contribution is -2.15. The van der Waals surface area contributed by atoms with Crippen LogP contribution in [0.2, 0.25) is 0 Å². The van der Waals surface area contributed by atoms with Gasteiger partial charge >= 0.3 is 0 Å². The second-order valence-electron chi connectivity index (χ2n) is 5.92. The van der Waals surface area contributed by atoms with Gasteiger partial charge in [0.05, 0.1) is 5.75 Å². The smallest absolute Gasteiger partial charge is 0.257 e. The fraction of sp³-hybridized carbons (Fsp3) is 0.158. The molecule has 1 heterocycles. The monoisotopic (exact) mass is 476 g/mol. The van der Waals surface area contributed by atoms with Crippen molar-refractivity contribution in [3.05, 3.63) is 63.6 Å². The maximum atomic E-state index is 12.2. The minimum Gasteiger partial charge on any atom is -0.325 e.